The van der Waals surface area contributed by atoms with Gasteiger partial charge in [-0.05, 0) is 50.8 Å². The third kappa shape index (κ3) is 5.55. The zero-order valence-corrected chi connectivity index (χ0v) is 18.0. The number of aryl methyl sites for hydroxylation is 3. The number of nitrogens with zero attached hydrogens (tertiary/aromatic N) is 2. The summed E-state index contributed by atoms with van der Waals surface area (Å²) < 4.78 is 0. The topological polar surface area (TPSA) is 54.9 Å². The van der Waals surface area contributed by atoms with E-state index in [9.17, 15) is 4.79 Å². The fourth-order valence-corrected chi connectivity index (χ4v) is 3.52. The molecule has 150 valence electrons. The van der Waals surface area contributed by atoms with E-state index < -0.39 is 0 Å². The molecule has 0 aliphatic heterocycles. The van der Waals surface area contributed by atoms with E-state index in [1.807, 2.05) is 31.2 Å². The quantitative estimate of drug-likeness (QED) is 0.483. The molecule has 0 saturated carbocycles. The number of carbonyl (C=O) groups is 1. The number of hydrogen-bond donors (Lipinski definition) is 1. The maximum absolute atomic E-state index is 12.9. The van der Waals surface area contributed by atoms with Crippen molar-refractivity contribution in [2.24, 2.45) is 0 Å². The van der Waals surface area contributed by atoms with Gasteiger partial charge >= 0.3 is 0 Å². The van der Waals surface area contributed by atoms with Gasteiger partial charge in [0.1, 0.15) is 5.82 Å². The van der Waals surface area contributed by atoms with E-state index in [1.165, 1.54) is 5.56 Å². The molecule has 0 aliphatic rings. The second-order valence-corrected chi connectivity index (χ2v) is 7.72. The van der Waals surface area contributed by atoms with Crippen LogP contribution in [0.2, 0.25) is 10.0 Å². The molecule has 2 aromatic carbocycles. The van der Waals surface area contributed by atoms with Crippen molar-refractivity contribution in [3.63, 3.8) is 0 Å². The van der Waals surface area contributed by atoms with Crippen molar-refractivity contribution in [1.82, 2.24) is 15.3 Å². The van der Waals surface area contributed by atoms with Crippen LogP contribution in [0.4, 0.5) is 0 Å². The summed E-state index contributed by atoms with van der Waals surface area (Å²) >= 11 is 12.2. The van der Waals surface area contributed by atoms with E-state index in [2.05, 4.69) is 27.4 Å². The van der Waals surface area contributed by atoms with E-state index in [4.69, 9.17) is 23.2 Å². The second-order valence-electron chi connectivity index (χ2n) is 6.91. The lowest BCUT2D eigenvalue weighted by Gasteiger charge is -2.13. The molecular weight excluding hydrogens is 405 g/mol. The van der Waals surface area contributed by atoms with E-state index >= 15 is 0 Å². The Kier molecular flexibility index (Phi) is 7.24. The Morgan fingerprint density at radius 2 is 1.72 bits per heavy atom. The smallest absolute Gasteiger partial charge is 0.255 e. The molecule has 0 atom stereocenters. The lowest BCUT2D eigenvalue weighted by atomic mass is 10.0. The minimum Gasteiger partial charge on any atom is -0.352 e. The van der Waals surface area contributed by atoms with Gasteiger partial charge in [0.2, 0.25) is 0 Å². The zero-order chi connectivity index (χ0) is 20.8. The molecule has 29 heavy (non-hydrogen) atoms. The van der Waals surface area contributed by atoms with Gasteiger partial charge in [-0.25, -0.2) is 9.97 Å². The lowest BCUT2D eigenvalue weighted by Crippen LogP contribution is -2.27. The first-order chi connectivity index (χ1) is 14.0. The van der Waals surface area contributed by atoms with Gasteiger partial charge < -0.3 is 5.32 Å². The first kappa shape index (κ1) is 21.3. The van der Waals surface area contributed by atoms with Crippen LogP contribution in [-0.4, -0.2) is 22.4 Å². The maximum atomic E-state index is 12.9. The first-order valence-electron chi connectivity index (χ1n) is 9.58. The van der Waals surface area contributed by atoms with Crippen LogP contribution in [0.15, 0.2) is 48.5 Å². The second kappa shape index (κ2) is 9.86. The highest BCUT2D eigenvalue weighted by atomic mass is 35.5. The summed E-state index contributed by atoms with van der Waals surface area (Å²) in [5.74, 6) is 0.422. The molecule has 0 bridgehead atoms. The highest BCUT2D eigenvalue weighted by Gasteiger charge is 2.19. The van der Waals surface area contributed by atoms with Gasteiger partial charge in [0.25, 0.3) is 5.91 Å². The van der Waals surface area contributed by atoms with E-state index in [-0.39, 0.29) is 5.91 Å². The lowest BCUT2D eigenvalue weighted by molar-refractivity contribution is 0.0952. The van der Waals surface area contributed by atoms with E-state index in [0.29, 0.717) is 39.4 Å². The molecule has 0 unspecified atom stereocenters. The number of benzene rings is 2. The Labute approximate surface area is 181 Å². The molecule has 3 rings (SSSR count). The Hall–Kier alpha value is -2.43. The van der Waals surface area contributed by atoms with Crippen LogP contribution >= 0.6 is 23.2 Å². The highest BCUT2D eigenvalue weighted by Crippen LogP contribution is 2.30. The van der Waals surface area contributed by atoms with E-state index in [0.717, 1.165) is 24.8 Å². The molecule has 0 saturated heterocycles. The average molecular weight is 428 g/mol. The predicted octanol–water partition coefficient (Wildman–Crippen LogP) is 5.82. The van der Waals surface area contributed by atoms with Crippen LogP contribution in [0, 0.1) is 13.8 Å². The number of aromatic nitrogens is 2. The monoisotopic (exact) mass is 427 g/mol. The number of hydrogen-bond acceptors (Lipinski definition) is 3. The molecule has 1 amide bonds. The SMILES string of the molecule is Cc1nc(C)c(C(=O)NCCCCc2ccccc2)c(-c2ccc(Cl)c(Cl)c2)n1. The van der Waals surface area contributed by atoms with Gasteiger partial charge in [0, 0.05) is 12.1 Å². The minimum atomic E-state index is -0.178. The van der Waals surface area contributed by atoms with Crippen molar-refractivity contribution < 1.29 is 4.79 Å². The van der Waals surface area contributed by atoms with Crippen LogP contribution < -0.4 is 5.32 Å². The largest absolute Gasteiger partial charge is 0.352 e. The molecule has 0 fully saturated rings. The van der Waals surface area contributed by atoms with Crippen LogP contribution in [0.5, 0.6) is 0 Å². The van der Waals surface area contributed by atoms with E-state index in [1.54, 1.807) is 19.1 Å². The summed E-state index contributed by atoms with van der Waals surface area (Å²) in [6, 6.07) is 15.6. The van der Waals surface area contributed by atoms with Crippen LogP contribution in [0.1, 0.15) is 40.3 Å². The number of halogens is 2. The number of rotatable bonds is 7. The van der Waals surface area contributed by atoms with Gasteiger partial charge in [0.05, 0.1) is 27.0 Å². The molecule has 1 aromatic heterocycles. The molecule has 0 spiro atoms. The van der Waals surface area contributed by atoms with Crippen molar-refractivity contribution in [1.29, 1.82) is 0 Å². The summed E-state index contributed by atoms with van der Waals surface area (Å²) in [6.45, 7) is 4.22. The summed E-state index contributed by atoms with van der Waals surface area (Å²) in [5, 5.41) is 3.89. The van der Waals surface area contributed by atoms with Gasteiger partial charge in [-0.15, -0.1) is 0 Å². The minimum absolute atomic E-state index is 0.178. The third-order valence-corrected chi connectivity index (χ3v) is 5.38. The molecule has 3 aromatic rings. The standard InChI is InChI=1S/C23H23Cl2N3O/c1-15-21(23(29)26-13-7-6-10-17-8-4-3-5-9-17)22(28-16(2)27-15)18-11-12-19(24)20(25)14-18/h3-5,8-9,11-12,14H,6-7,10,13H2,1-2H3,(H,26,29). The Morgan fingerprint density at radius 3 is 2.45 bits per heavy atom. The van der Waals surface area contributed by atoms with Crippen LogP contribution in [-0.2, 0) is 6.42 Å². The van der Waals surface area contributed by atoms with Gasteiger partial charge in [-0.1, -0.05) is 59.6 Å². The molecular formula is C23H23Cl2N3O. The number of amides is 1. The van der Waals surface area contributed by atoms with Crippen LogP contribution in [0.25, 0.3) is 11.3 Å². The van der Waals surface area contributed by atoms with Crippen molar-refractivity contribution in [2.45, 2.75) is 33.1 Å². The molecule has 6 heteroatoms. The molecule has 1 heterocycles. The summed E-state index contributed by atoms with van der Waals surface area (Å²) in [6.07, 6.45) is 2.90. The Balaban J connectivity index is 1.70. The zero-order valence-electron chi connectivity index (χ0n) is 16.5. The van der Waals surface area contributed by atoms with Gasteiger partial charge in [-0.3, -0.25) is 4.79 Å². The normalized spacial score (nSPS) is 10.8. The van der Waals surface area contributed by atoms with Gasteiger partial charge in [0.15, 0.2) is 0 Å². The van der Waals surface area contributed by atoms with Crippen molar-refractivity contribution in [2.75, 3.05) is 6.54 Å². The number of nitrogens with one attached hydrogen (secondary N) is 1. The summed E-state index contributed by atoms with van der Waals surface area (Å²) in [4.78, 5) is 21.8. The summed E-state index contributed by atoms with van der Waals surface area (Å²) in [7, 11) is 0. The fraction of sp³-hybridized carbons (Fsp3) is 0.261. The predicted molar refractivity (Wildman–Crippen MR) is 119 cm³/mol. The summed E-state index contributed by atoms with van der Waals surface area (Å²) in [5.41, 5.74) is 3.72. The number of unbranched alkanes of at least 4 members (excludes halogenated alkanes) is 1. The van der Waals surface area contributed by atoms with Crippen molar-refractivity contribution >= 4 is 29.1 Å². The molecule has 1 N–H and O–H groups in total. The van der Waals surface area contributed by atoms with Crippen molar-refractivity contribution in [3.05, 3.63) is 81.2 Å². The number of carbonyl (C=O) groups excluding carboxylic acids is 1. The Bertz CT molecular complexity index is 1010. The third-order valence-electron chi connectivity index (χ3n) is 4.64. The average Bonchev–Trinajstić information content (AvgIpc) is 2.70. The molecule has 4 nitrogen and oxygen atoms in total. The molecule has 0 radical (unpaired) electrons. The fourth-order valence-electron chi connectivity index (χ4n) is 3.23. The van der Waals surface area contributed by atoms with Crippen molar-refractivity contribution in [3.8, 4) is 11.3 Å². The molecule has 0 aliphatic carbocycles. The van der Waals surface area contributed by atoms with Gasteiger partial charge in [-0.2, -0.15) is 0 Å². The Morgan fingerprint density at radius 1 is 0.966 bits per heavy atom. The first-order valence-corrected chi connectivity index (χ1v) is 10.3. The highest BCUT2D eigenvalue weighted by molar-refractivity contribution is 6.42. The maximum Gasteiger partial charge on any atom is 0.255 e. The van der Waals surface area contributed by atoms with Crippen LogP contribution in [0.3, 0.4) is 0 Å².